The molecule has 1 rings (SSSR count). The van der Waals surface area contributed by atoms with Gasteiger partial charge >= 0.3 is 0 Å². The third-order valence-electron chi connectivity index (χ3n) is 0.999. The lowest BCUT2D eigenvalue weighted by Gasteiger charge is -1.85. The molecule has 0 aromatic heterocycles. The lowest BCUT2D eigenvalue weighted by Crippen LogP contribution is -1.65. The molecule has 0 atom stereocenters. The van der Waals surface area contributed by atoms with Gasteiger partial charge in [0.05, 0.1) is 0 Å². The maximum Gasteiger partial charge on any atom is 0.00484 e. The average Bonchev–Trinajstić information content (AvgIpc) is 1.91. The van der Waals surface area contributed by atoms with E-state index in [4.69, 9.17) is 11.6 Å². The van der Waals surface area contributed by atoms with E-state index in [9.17, 15) is 0 Å². The predicted octanol–water partition coefficient (Wildman–Crippen LogP) is 2.70. The molecule has 9 heavy (non-hydrogen) atoms. The van der Waals surface area contributed by atoms with E-state index >= 15 is 0 Å². The van der Waals surface area contributed by atoms with E-state index in [1.54, 1.807) is 0 Å². The minimum Gasteiger partial charge on any atom is -0.0929 e. The molecule has 1 aromatic rings. The van der Waals surface area contributed by atoms with Gasteiger partial charge in [-0.3, -0.25) is 0 Å². The first-order chi connectivity index (χ1) is 4.43. The number of rotatable bonds is 1. The number of benzene rings is 1. The van der Waals surface area contributed by atoms with Crippen molar-refractivity contribution in [3.05, 3.63) is 41.4 Å². The number of hydrogen-bond acceptors (Lipinski definition) is 0. The Hall–Kier alpha value is -0.750. The minimum atomic E-state index is 1.10. The van der Waals surface area contributed by atoms with Crippen molar-refractivity contribution in [2.75, 3.05) is 0 Å². The fraction of sp³-hybridized carbons (Fsp3) is 0. The minimum absolute atomic E-state index is 1.10. The summed E-state index contributed by atoms with van der Waals surface area (Å²) in [5, 5.41) is 0. The molecule has 0 saturated carbocycles. The number of halogens is 1. The maximum absolute atomic E-state index is 5.35. The van der Waals surface area contributed by atoms with Gasteiger partial charge in [0.15, 0.2) is 0 Å². The molecule has 0 unspecified atom stereocenters. The molecule has 1 heteroatoms. The lowest BCUT2D eigenvalue weighted by atomic mass is 10.2. The molecule has 0 bridgehead atoms. The van der Waals surface area contributed by atoms with Crippen molar-refractivity contribution in [2.24, 2.45) is 0 Å². The van der Waals surface area contributed by atoms with Crippen molar-refractivity contribution in [3.63, 3.8) is 0 Å². The van der Waals surface area contributed by atoms with Crippen LogP contribution in [0.3, 0.4) is 0 Å². The van der Waals surface area contributed by atoms with Crippen LogP contribution in [0.5, 0.6) is 0 Å². The second-order valence-corrected chi connectivity index (χ2v) is 1.88. The quantitative estimate of drug-likeness (QED) is 0.558. The maximum atomic E-state index is 5.35. The van der Waals surface area contributed by atoms with Crippen molar-refractivity contribution >= 4 is 17.7 Å². The molecule has 0 N–H and O–H groups in total. The highest BCUT2D eigenvalue weighted by molar-refractivity contribution is 6.27. The summed E-state index contributed by atoms with van der Waals surface area (Å²) < 4.78 is 0. The first-order valence-electron chi connectivity index (χ1n) is 2.66. The lowest BCUT2D eigenvalue weighted by molar-refractivity contribution is 1.65. The van der Waals surface area contributed by atoms with Crippen molar-refractivity contribution in [1.82, 2.24) is 0 Å². The Morgan fingerprint density at radius 1 is 1.33 bits per heavy atom. The van der Waals surface area contributed by atoms with Gasteiger partial charge in [0.2, 0.25) is 0 Å². The van der Waals surface area contributed by atoms with E-state index in [0.717, 1.165) is 5.56 Å². The Morgan fingerprint density at radius 3 is 2.56 bits per heavy atom. The molecule has 0 fully saturated rings. The predicted molar refractivity (Wildman–Crippen MR) is 40.2 cm³/mol. The smallest absolute Gasteiger partial charge is 0.00484 e. The van der Waals surface area contributed by atoms with Crippen molar-refractivity contribution < 1.29 is 0 Å². The molecule has 0 nitrogen and oxygen atoms in total. The Morgan fingerprint density at radius 2 is 2.00 bits per heavy atom. The van der Waals surface area contributed by atoms with Crippen LogP contribution >= 0.6 is 11.6 Å². The molecule has 0 amide bonds. The van der Waals surface area contributed by atoms with Crippen LogP contribution in [-0.4, -0.2) is 0 Å². The topological polar surface area (TPSA) is 0 Å². The average molecular weight is 138 g/mol. The van der Waals surface area contributed by atoms with Gasteiger partial charge in [-0.15, -0.1) is 0 Å². The number of hydrogen-bond donors (Lipinski definition) is 0. The van der Waals surface area contributed by atoms with Crippen molar-refractivity contribution in [1.29, 1.82) is 0 Å². The normalized spacial score (nSPS) is 10.3. The third kappa shape index (κ3) is 1.90. The van der Waals surface area contributed by atoms with Gasteiger partial charge in [-0.1, -0.05) is 35.9 Å². The third-order valence-corrected chi connectivity index (χ3v) is 1.13. The van der Waals surface area contributed by atoms with E-state index in [2.05, 4.69) is 6.07 Å². The van der Waals surface area contributed by atoms with E-state index < -0.39 is 0 Å². The molecule has 1 aromatic carbocycles. The zero-order valence-electron chi connectivity index (χ0n) is 4.84. The van der Waals surface area contributed by atoms with Crippen molar-refractivity contribution in [3.8, 4) is 0 Å². The fourth-order valence-electron chi connectivity index (χ4n) is 0.584. The Balaban J connectivity index is 2.85. The van der Waals surface area contributed by atoms with Crippen LogP contribution in [0.4, 0.5) is 0 Å². The fourth-order valence-corrected chi connectivity index (χ4v) is 0.729. The summed E-state index contributed by atoms with van der Waals surface area (Å²) >= 11 is 5.35. The highest BCUT2D eigenvalue weighted by atomic mass is 35.5. The van der Waals surface area contributed by atoms with E-state index in [0.29, 0.717) is 0 Å². The zero-order valence-corrected chi connectivity index (χ0v) is 5.60. The van der Waals surface area contributed by atoms with E-state index in [-0.39, 0.29) is 0 Å². The molecule has 0 aliphatic rings. The Bertz CT molecular complexity index is 189. The monoisotopic (exact) mass is 137 g/mol. The van der Waals surface area contributed by atoms with Gasteiger partial charge in [0.1, 0.15) is 0 Å². The highest BCUT2D eigenvalue weighted by Crippen LogP contribution is 2.00. The molecule has 0 heterocycles. The SMILES string of the molecule is ClC=Cc1cc[c]cc1. The molecule has 0 spiro atoms. The second kappa shape index (κ2) is 3.31. The second-order valence-electron chi connectivity index (χ2n) is 1.63. The first-order valence-corrected chi connectivity index (χ1v) is 3.10. The summed E-state index contributed by atoms with van der Waals surface area (Å²) in [6.07, 6.45) is 1.83. The molecule has 1 radical (unpaired) electrons. The van der Waals surface area contributed by atoms with Gasteiger partial charge in [-0.05, 0) is 17.7 Å². The molecule has 0 saturated heterocycles. The molecular formula is C8H6Cl. The zero-order chi connectivity index (χ0) is 6.53. The largest absolute Gasteiger partial charge is 0.0929 e. The first kappa shape index (κ1) is 6.37. The Kier molecular flexibility index (Phi) is 2.34. The summed E-state index contributed by atoms with van der Waals surface area (Å²) in [5.41, 5.74) is 2.60. The van der Waals surface area contributed by atoms with Crippen molar-refractivity contribution in [2.45, 2.75) is 0 Å². The summed E-state index contributed by atoms with van der Waals surface area (Å²) in [4.78, 5) is 0. The van der Waals surface area contributed by atoms with Gasteiger partial charge in [0, 0.05) is 5.54 Å². The summed E-state index contributed by atoms with van der Waals surface area (Å²) in [6, 6.07) is 10.5. The molecular weight excluding hydrogens is 132 g/mol. The highest BCUT2D eigenvalue weighted by Gasteiger charge is 1.78. The van der Waals surface area contributed by atoms with Crippen LogP contribution in [0.1, 0.15) is 5.56 Å². The molecule has 0 aliphatic heterocycles. The summed E-state index contributed by atoms with van der Waals surface area (Å²) in [6.45, 7) is 0. The van der Waals surface area contributed by atoms with Gasteiger partial charge in [-0.25, -0.2) is 0 Å². The molecule has 45 valence electrons. The molecule has 0 aliphatic carbocycles. The van der Waals surface area contributed by atoms with Gasteiger partial charge < -0.3 is 0 Å². The van der Waals surface area contributed by atoms with E-state index in [1.807, 2.05) is 30.3 Å². The summed E-state index contributed by atoms with van der Waals surface area (Å²) in [7, 11) is 0. The summed E-state index contributed by atoms with van der Waals surface area (Å²) in [5.74, 6) is 0. The van der Waals surface area contributed by atoms with Crippen LogP contribution in [-0.2, 0) is 0 Å². The standard InChI is InChI=1S/C8H6Cl/c9-7-6-8-4-2-1-3-5-8/h2-7H. The van der Waals surface area contributed by atoms with Crippen LogP contribution in [0, 0.1) is 6.07 Å². The van der Waals surface area contributed by atoms with Crippen LogP contribution < -0.4 is 0 Å². The van der Waals surface area contributed by atoms with Gasteiger partial charge in [-0.2, -0.15) is 0 Å². The Labute approximate surface area is 59.8 Å². The van der Waals surface area contributed by atoms with E-state index in [1.165, 1.54) is 5.54 Å². The van der Waals surface area contributed by atoms with Gasteiger partial charge in [0.25, 0.3) is 0 Å². The van der Waals surface area contributed by atoms with Crippen LogP contribution in [0.2, 0.25) is 0 Å². The van der Waals surface area contributed by atoms with Crippen LogP contribution in [0.15, 0.2) is 29.8 Å². The van der Waals surface area contributed by atoms with Crippen LogP contribution in [0.25, 0.3) is 6.08 Å².